The zero-order valence-electron chi connectivity index (χ0n) is 12.0. The fourth-order valence-electron chi connectivity index (χ4n) is 1.91. The smallest absolute Gasteiger partial charge is 0.322 e. The fourth-order valence-corrected chi connectivity index (χ4v) is 3.90. The van der Waals surface area contributed by atoms with E-state index in [9.17, 15) is 13.2 Å². The van der Waals surface area contributed by atoms with Gasteiger partial charge >= 0.3 is 5.97 Å². The van der Waals surface area contributed by atoms with Crippen molar-refractivity contribution in [2.24, 2.45) is 11.3 Å². The van der Waals surface area contributed by atoms with Crippen LogP contribution in [0.15, 0.2) is 0 Å². The molecule has 0 aromatic heterocycles. The van der Waals surface area contributed by atoms with Crippen molar-refractivity contribution in [2.45, 2.75) is 52.2 Å². The van der Waals surface area contributed by atoms with Crippen LogP contribution in [-0.4, -0.2) is 30.5 Å². The minimum absolute atomic E-state index is 0.135. The molecule has 0 bridgehead atoms. The molecule has 1 N–H and O–H groups in total. The van der Waals surface area contributed by atoms with Crippen molar-refractivity contribution in [2.75, 3.05) is 5.75 Å². The predicted molar refractivity (Wildman–Crippen MR) is 73.3 cm³/mol. The summed E-state index contributed by atoms with van der Waals surface area (Å²) in [6, 6.07) is 2.15. The molecule has 0 aliphatic carbocycles. The number of hydrogen-bond acceptors (Lipinski definition) is 4. The van der Waals surface area contributed by atoms with Crippen molar-refractivity contribution in [3.63, 3.8) is 0 Å². The van der Waals surface area contributed by atoms with E-state index in [1.807, 2.05) is 0 Å². The Balaban J connectivity index is 4.48. The third kappa shape index (κ3) is 6.06. The highest BCUT2D eigenvalue weighted by atomic mass is 32.2. The van der Waals surface area contributed by atoms with Crippen molar-refractivity contribution in [1.82, 2.24) is 0 Å². The molecular weight excluding hydrogens is 266 g/mol. The quantitative estimate of drug-likeness (QED) is 0.691. The van der Waals surface area contributed by atoms with Crippen LogP contribution in [0.3, 0.4) is 0 Å². The van der Waals surface area contributed by atoms with Gasteiger partial charge in [0.2, 0.25) is 0 Å². The van der Waals surface area contributed by atoms with Gasteiger partial charge in [0.1, 0.15) is 0 Å². The van der Waals surface area contributed by atoms with Crippen molar-refractivity contribution in [1.29, 1.82) is 5.26 Å². The summed E-state index contributed by atoms with van der Waals surface area (Å²) < 4.78 is 23.9. The van der Waals surface area contributed by atoms with E-state index in [1.54, 1.807) is 27.7 Å². The van der Waals surface area contributed by atoms with Crippen LogP contribution in [0.2, 0.25) is 0 Å². The van der Waals surface area contributed by atoms with Gasteiger partial charge in [0, 0.05) is 0 Å². The maximum atomic E-state index is 12.0. The molecule has 6 heteroatoms. The molecule has 0 saturated carbocycles. The monoisotopic (exact) mass is 289 g/mol. The summed E-state index contributed by atoms with van der Waals surface area (Å²) in [5.41, 5.74) is -0.464. The maximum absolute atomic E-state index is 12.0. The first kappa shape index (κ1) is 17.9. The molecule has 0 amide bonds. The van der Waals surface area contributed by atoms with Gasteiger partial charge < -0.3 is 5.11 Å². The number of rotatable bonds is 8. The standard InChI is InChI=1S/C13H23NO4S/c1-10(2)11(12(15)16)19(17,18)8-6-5-7-13(3,4)9-14/h10-11H,5-8H2,1-4H3,(H,15,16). The Morgan fingerprint density at radius 3 is 2.21 bits per heavy atom. The van der Waals surface area contributed by atoms with Crippen LogP contribution in [0.4, 0.5) is 0 Å². The van der Waals surface area contributed by atoms with Gasteiger partial charge in [-0.3, -0.25) is 4.79 Å². The average molecular weight is 289 g/mol. The van der Waals surface area contributed by atoms with Crippen LogP contribution in [-0.2, 0) is 14.6 Å². The van der Waals surface area contributed by atoms with E-state index in [2.05, 4.69) is 6.07 Å². The van der Waals surface area contributed by atoms with Gasteiger partial charge in [0.25, 0.3) is 0 Å². The van der Waals surface area contributed by atoms with E-state index >= 15 is 0 Å². The zero-order valence-corrected chi connectivity index (χ0v) is 12.8. The first-order chi connectivity index (χ1) is 8.53. The lowest BCUT2D eigenvalue weighted by atomic mass is 9.89. The van der Waals surface area contributed by atoms with Crippen LogP contribution in [0, 0.1) is 22.7 Å². The molecule has 0 aromatic carbocycles. The molecule has 1 atom stereocenters. The number of hydrogen-bond donors (Lipinski definition) is 1. The van der Waals surface area contributed by atoms with E-state index in [1.165, 1.54) is 0 Å². The highest BCUT2D eigenvalue weighted by Gasteiger charge is 2.34. The first-order valence-electron chi connectivity index (χ1n) is 6.39. The molecule has 5 nitrogen and oxygen atoms in total. The van der Waals surface area contributed by atoms with E-state index in [0.717, 1.165) is 0 Å². The van der Waals surface area contributed by atoms with Crippen LogP contribution >= 0.6 is 0 Å². The van der Waals surface area contributed by atoms with Gasteiger partial charge in [-0.1, -0.05) is 20.3 Å². The van der Waals surface area contributed by atoms with Crippen LogP contribution in [0.25, 0.3) is 0 Å². The number of nitrogens with zero attached hydrogens (tertiary/aromatic N) is 1. The maximum Gasteiger partial charge on any atom is 0.322 e. The highest BCUT2D eigenvalue weighted by Crippen LogP contribution is 2.22. The minimum atomic E-state index is -3.63. The van der Waals surface area contributed by atoms with Crippen molar-refractivity contribution in [3.05, 3.63) is 0 Å². The van der Waals surface area contributed by atoms with Gasteiger partial charge in [0.05, 0.1) is 17.2 Å². The van der Waals surface area contributed by atoms with Crippen molar-refractivity contribution in [3.8, 4) is 6.07 Å². The SMILES string of the molecule is CC(C)C(C(=O)O)S(=O)(=O)CCCCC(C)(C)C#N. The second-order valence-electron chi connectivity index (χ2n) is 5.82. The van der Waals surface area contributed by atoms with Crippen molar-refractivity contribution < 1.29 is 18.3 Å². The third-order valence-corrected chi connectivity index (χ3v) is 5.40. The summed E-state index contributed by atoms with van der Waals surface area (Å²) >= 11 is 0. The summed E-state index contributed by atoms with van der Waals surface area (Å²) in [4.78, 5) is 11.0. The van der Waals surface area contributed by atoms with Crippen LogP contribution in [0.5, 0.6) is 0 Å². The first-order valence-corrected chi connectivity index (χ1v) is 8.10. The molecule has 0 heterocycles. The number of sulfone groups is 1. The van der Waals surface area contributed by atoms with E-state index < -0.39 is 32.4 Å². The third-order valence-electron chi connectivity index (χ3n) is 3.02. The fraction of sp³-hybridized carbons (Fsp3) is 0.846. The second-order valence-corrected chi connectivity index (χ2v) is 8.06. The van der Waals surface area contributed by atoms with Gasteiger partial charge in [-0.05, 0) is 32.6 Å². The van der Waals surface area contributed by atoms with Crippen LogP contribution in [0.1, 0.15) is 47.0 Å². The summed E-state index contributed by atoms with van der Waals surface area (Å²) in [6.45, 7) is 6.79. The summed E-state index contributed by atoms with van der Waals surface area (Å²) in [6.07, 6.45) is 1.60. The summed E-state index contributed by atoms with van der Waals surface area (Å²) in [5, 5.41) is 16.5. The lowest BCUT2D eigenvalue weighted by molar-refractivity contribution is -0.137. The highest BCUT2D eigenvalue weighted by molar-refractivity contribution is 7.92. The van der Waals surface area contributed by atoms with E-state index in [0.29, 0.717) is 19.3 Å². The summed E-state index contributed by atoms with van der Waals surface area (Å²) in [5.74, 6) is -1.87. The number of carboxylic acid groups (broad SMARTS) is 1. The number of nitriles is 1. The molecule has 0 spiro atoms. The van der Waals surface area contributed by atoms with Gasteiger partial charge in [-0.15, -0.1) is 0 Å². The largest absolute Gasteiger partial charge is 0.480 e. The van der Waals surface area contributed by atoms with Gasteiger partial charge in [-0.2, -0.15) is 5.26 Å². The lowest BCUT2D eigenvalue weighted by Crippen LogP contribution is -2.36. The predicted octanol–water partition coefficient (Wildman–Crippen LogP) is 2.23. The molecule has 0 aromatic rings. The average Bonchev–Trinajstić information content (AvgIpc) is 2.23. The normalized spacial score (nSPS) is 14.1. The minimum Gasteiger partial charge on any atom is -0.480 e. The van der Waals surface area contributed by atoms with E-state index in [4.69, 9.17) is 10.4 Å². The van der Waals surface area contributed by atoms with E-state index in [-0.39, 0.29) is 5.75 Å². The molecule has 0 fully saturated rings. The Morgan fingerprint density at radius 2 is 1.84 bits per heavy atom. The molecule has 0 aliphatic rings. The Hall–Kier alpha value is -1.09. The molecule has 0 radical (unpaired) electrons. The molecule has 110 valence electrons. The Kier molecular flexibility index (Phi) is 6.50. The summed E-state index contributed by atoms with van der Waals surface area (Å²) in [7, 11) is -3.63. The lowest BCUT2D eigenvalue weighted by Gasteiger charge is -2.18. The van der Waals surface area contributed by atoms with Crippen molar-refractivity contribution >= 4 is 15.8 Å². The molecule has 0 rings (SSSR count). The van der Waals surface area contributed by atoms with Crippen LogP contribution < -0.4 is 0 Å². The zero-order chi connectivity index (χ0) is 15.3. The molecule has 0 saturated heterocycles. The van der Waals surface area contributed by atoms with Gasteiger partial charge in [-0.25, -0.2) is 8.42 Å². The molecule has 19 heavy (non-hydrogen) atoms. The molecular formula is C13H23NO4S. The second kappa shape index (κ2) is 6.90. The number of carboxylic acids is 1. The molecule has 0 aliphatic heterocycles. The van der Waals surface area contributed by atoms with Gasteiger partial charge in [0.15, 0.2) is 15.1 Å². The number of carbonyl (C=O) groups is 1. The molecule has 1 unspecified atom stereocenters. The number of aliphatic carboxylic acids is 1. The number of unbranched alkanes of at least 4 members (excludes halogenated alkanes) is 1. The Labute approximate surface area is 115 Å². The topological polar surface area (TPSA) is 95.2 Å². The Morgan fingerprint density at radius 1 is 1.32 bits per heavy atom. The Bertz CT molecular complexity index is 446.